The molecule has 3 heterocycles. The van der Waals surface area contributed by atoms with Crippen LogP contribution in [0.15, 0.2) is 34.1 Å². The molecule has 0 unspecified atom stereocenters. The highest BCUT2D eigenvalue weighted by molar-refractivity contribution is 6.10. The summed E-state index contributed by atoms with van der Waals surface area (Å²) in [5, 5.41) is 2.95. The summed E-state index contributed by atoms with van der Waals surface area (Å²) < 4.78 is 2.26. The van der Waals surface area contributed by atoms with Crippen LogP contribution in [0.5, 0.6) is 0 Å². The molecule has 9 heteroatoms. The Labute approximate surface area is 154 Å². The van der Waals surface area contributed by atoms with E-state index in [4.69, 9.17) is 5.73 Å². The second kappa shape index (κ2) is 7.02. The van der Waals surface area contributed by atoms with Gasteiger partial charge in [0.05, 0.1) is 22.8 Å². The van der Waals surface area contributed by atoms with Crippen molar-refractivity contribution in [1.82, 2.24) is 19.1 Å². The minimum absolute atomic E-state index is 0.0319. The third-order valence-electron chi connectivity index (χ3n) is 4.37. The monoisotopic (exact) mass is 368 g/mol. The predicted octanol–water partition coefficient (Wildman–Crippen LogP) is 0.814. The molecule has 0 fully saturated rings. The summed E-state index contributed by atoms with van der Waals surface area (Å²) in [5.41, 5.74) is 6.35. The number of hydrogen-bond acceptors (Lipinski definition) is 6. The van der Waals surface area contributed by atoms with Crippen LogP contribution in [0.25, 0.3) is 11.0 Å². The Kier molecular flexibility index (Phi) is 4.76. The van der Waals surface area contributed by atoms with Gasteiger partial charge in [0, 0.05) is 20.3 Å². The minimum atomic E-state index is -0.505. The van der Waals surface area contributed by atoms with Crippen molar-refractivity contribution in [3.05, 3.63) is 56.5 Å². The quantitative estimate of drug-likeness (QED) is 0.702. The fourth-order valence-corrected chi connectivity index (χ4v) is 3.06. The molecule has 0 spiro atoms. The van der Waals surface area contributed by atoms with Crippen LogP contribution in [-0.2, 0) is 20.5 Å². The molecule has 140 valence electrons. The summed E-state index contributed by atoms with van der Waals surface area (Å²) in [6.07, 6.45) is 4.21. The number of nitrogens with two attached hydrogens (primary N) is 1. The van der Waals surface area contributed by atoms with E-state index in [-0.39, 0.29) is 22.4 Å². The van der Waals surface area contributed by atoms with Gasteiger partial charge in [-0.3, -0.25) is 23.7 Å². The highest BCUT2D eigenvalue weighted by Crippen LogP contribution is 2.24. The first kappa shape index (κ1) is 18.3. The predicted molar refractivity (Wildman–Crippen MR) is 103 cm³/mol. The zero-order valence-corrected chi connectivity index (χ0v) is 15.3. The molecular formula is C18H20N6O3. The van der Waals surface area contributed by atoms with Gasteiger partial charge in [-0.25, -0.2) is 9.78 Å². The summed E-state index contributed by atoms with van der Waals surface area (Å²) >= 11 is 0. The van der Waals surface area contributed by atoms with Gasteiger partial charge in [-0.1, -0.05) is 13.3 Å². The summed E-state index contributed by atoms with van der Waals surface area (Å²) in [5.74, 6) is -0.509. The molecular weight excluding hydrogens is 348 g/mol. The van der Waals surface area contributed by atoms with E-state index in [9.17, 15) is 14.4 Å². The zero-order chi connectivity index (χ0) is 19.7. The average molecular weight is 368 g/mol. The molecule has 9 nitrogen and oxygen atoms in total. The van der Waals surface area contributed by atoms with Crippen molar-refractivity contribution in [2.24, 2.45) is 14.1 Å². The molecule has 3 N–H and O–H groups in total. The van der Waals surface area contributed by atoms with Crippen molar-refractivity contribution in [1.29, 1.82) is 0 Å². The van der Waals surface area contributed by atoms with E-state index < -0.39 is 17.2 Å². The van der Waals surface area contributed by atoms with E-state index >= 15 is 0 Å². The molecule has 0 saturated heterocycles. The SMILES string of the molecule is CCCc1c(C(=O)Nc2cccnc2)c(N)nc2c1c(=O)n(C)c(=O)n2C. The van der Waals surface area contributed by atoms with E-state index in [0.717, 1.165) is 4.57 Å². The summed E-state index contributed by atoms with van der Waals surface area (Å²) in [6.45, 7) is 1.93. The van der Waals surface area contributed by atoms with Gasteiger partial charge < -0.3 is 11.1 Å². The van der Waals surface area contributed by atoms with Crippen molar-refractivity contribution in [2.75, 3.05) is 11.1 Å². The van der Waals surface area contributed by atoms with E-state index in [1.54, 1.807) is 18.3 Å². The summed E-state index contributed by atoms with van der Waals surface area (Å²) in [4.78, 5) is 46.0. The first-order valence-electron chi connectivity index (χ1n) is 8.46. The van der Waals surface area contributed by atoms with E-state index in [1.807, 2.05) is 6.92 Å². The maximum atomic E-state index is 12.9. The largest absolute Gasteiger partial charge is 0.383 e. The first-order chi connectivity index (χ1) is 12.9. The summed E-state index contributed by atoms with van der Waals surface area (Å²) in [6, 6.07) is 3.38. The highest BCUT2D eigenvalue weighted by Gasteiger charge is 2.23. The third kappa shape index (κ3) is 3.07. The number of aromatic nitrogens is 4. The number of nitrogen functional groups attached to an aromatic ring is 1. The van der Waals surface area contributed by atoms with Gasteiger partial charge in [0.15, 0.2) is 5.65 Å². The smallest absolute Gasteiger partial charge is 0.332 e. The Morgan fingerprint density at radius 3 is 2.63 bits per heavy atom. The van der Waals surface area contributed by atoms with Gasteiger partial charge in [0.1, 0.15) is 5.82 Å². The Morgan fingerprint density at radius 2 is 2.00 bits per heavy atom. The molecule has 3 aromatic rings. The molecule has 0 bridgehead atoms. The highest BCUT2D eigenvalue weighted by atomic mass is 16.2. The number of anilines is 2. The number of rotatable bonds is 4. The van der Waals surface area contributed by atoms with Crippen LogP contribution in [0.3, 0.4) is 0 Å². The number of amides is 1. The lowest BCUT2D eigenvalue weighted by atomic mass is 9.99. The van der Waals surface area contributed by atoms with Crippen LogP contribution in [0.1, 0.15) is 29.3 Å². The van der Waals surface area contributed by atoms with Crippen molar-refractivity contribution >= 4 is 28.4 Å². The van der Waals surface area contributed by atoms with Crippen molar-refractivity contribution in [3.63, 3.8) is 0 Å². The minimum Gasteiger partial charge on any atom is -0.383 e. The Hall–Kier alpha value is -3.49. The number of aryl methyl sites for hydroxylation is 2. The zero-order valence-electron chi connectivity index (χ0n) is 15.3. The Bertz CT molecular complexity index is 1150. The number of pyridine rings is 2. The lowest BCUT2D eigenvalue weighted by Crippen LogP contribution is -2.38. The lowest BCUT2D eigenvalue weighted by molar-refractivity contribution is 0.102. The van der Waals surface area contributed by atoms with Crippen LogP contribution >= 0.6 is 0 Å². The number of fused-ring (bicyclic) bond motifs is 1. The van der Waals surface area contributed by atoms with E-state index in [0.29, 0.717) is 24.1 Å². The molecule has 3 rings (SSSR count). The fraction of sp³-hybridized carbons (Fsp3) is 0.278. The second-order valence-corrected chi connectivity index (χ2v) is 6.20. The van der Waals surface area contributed by atoms with E-state index in [2.05, 4.69) is 15.3 Å². The van der Waals surface area contributed by atoms with Crippen LogP contribution in [-0.4, -0.2) is 25.0 Å². The second-order valence-electron chi connectivity index (χ2n) is 6.20. The van der Waals surface area contributed by atoms with Gasteiger partial charge in [0.25, 0.3) is 11.5 Å². The van der Waals surface area contributed by atoms with Gasteiger partial charge >= 0.3 is 5.69 Å². The number of nitrogens with zero attached hydrogens (tertiary/aromatic N) is 4. The normalized spacial score (nSPS) is 10.9. The number of carbonyl (C=O) groups excluding carboxylic acids is 1. The number of nitrogens with one attached hydrogen (secondary N) is 1. The van der Waals surface area contributed by atoms with Crippen LogP contribution in [0.4, 0.5) is 11.5 Å². The molecule has 0 aliphatic rings. The molecule has 0 atom stereocenters. The molecule has 0 saturated carbocycles. The van der Waals surface area contributed by atoms with Gasteiger partial charge in [-0.05, 0) is 24.1 Å². The fourth-order valence-electron chi connectivity index (χ4n) is 3.06. The topological polar surface area (TPSA) is 125 Å². The maximum absolute atomic E-state index is 12.9. The summed E-state index contributed by atoms with van der Waals surface area (Å²) in [7, 11) is 2.91. The van der Waals surface area contributed by atoms with Crippen molar-refractivity contribution in [3.8, 4) is 0 Å². The third-order valence-corrected chi connectivity index (χ3v) is 4.37. The number of carbonyl (C=O) groups is 1. The van der Waals surface area contributed by atoms with Gasteiger partial charge in [-0.15, -0.1) is 0 Å². The maximum Gasteiger partial charge on any atom is 0.332 e. The van der Waals surface area contributed by atoms with Crippen LogP contribution < -0.4 is 22.3 Å². The number of hydrogen-bond donors (Lipinski definition) is 2. The standard InChI is InChI=1S/C18H20N6O3/c1-4-6-11-12(16(25)21-10-7-5-8-20-9-10)14(19)22-15-13(11)17(26)24(3)18(27)23(15)2/h5,7-9H,4,6H2,1-3H3,(H2,19,22)(H,21,25). The Morgan fingerprint density at radius 1 is 1.26 bits per heavy atom. The molecule has 0 radical (unpaired) electrons. The van der Waals surface area contributed by atoms with Crippen molar-refractivity contribution < 1.29 is 4.79 Å². The molecule has 3 aromatic heterocycles. The lowest BCUT2D eigenvalue weighted by Gasteiger charge is -2.16. The Balaban J connectivity index is 2.31. The van der Waals surface area contributed by atoms with Gasteiger partial charge in [0.2, 0.25) is 0 Å². The van der Waals surface area contributed by atoms with Crippen LogP contribution in [0, 0.1) is 0 Å². The average Bonchev–Trinajstić information content (AvgIpc) is 2.65. The molecule has 0 aromatic carbocycles. The van der Waals surface area contributed by atoms with Crippen molar-refractivity contribution in [2.45, 2.75) is 19.8 Å². The molecule has 0 aliphatic carbocycles. The molecule has 27 heavy (non-hydrogen) atoms. The van der Waals surface area contributed by atoms with Crippen LogP contribution in [0.2, 0.25) is 0 Å². The first-order valence-corrected chi connectivity index (χ1v) is 8.46. The van der Waals surface area contributed by atoms with Gasteiger partial charge in [-0.2, -0.15) is 0 Å². The molecule has 0 aliphatic heterocycles. The molecule has 1 amide bonds. The van der Waals surface area contributed by atoms with E-state index in [1.165, 1.54) is 24.9 Å².